The molecular weight excluding hydrogens is 396 g/mol. The van der Waals surface area contributed by atoms with Crippen LogP contribution >= 0.6 is 0 Å². The number of Topliss-reactive ketones (excluding diaryl/α,β-unsaturated/α-hetero) is 1. The zero-order valence-corrected chi connectivity index (χ0v) is 20.8. The summed E-state index contributed by atoms with van der Waals surface area (Å²) < 4.78 is 10.9. The summed E-state index contributed by atoms with van der Waals surface area (Å²) in [7, 11) is 3.31. The second-order valence-corrected chi connectivity index (χ2v) is 12.2. The van der Waals surface area contributed by atoms with Crippen molar-refractivity contribution in [3.05, 3.63) is 23.8 Å². The molecule has 4 saturated carbocycles. The molecular formula is C29H42O3. The van der Waals surface area contributed by atoms with Crippen LogP contribution in [0.2, 0.25) is 0 Å². The van der Waals surface area contributed by atoms with Gasteiger partial charge in [-0.2, -0.15) is 0 Å². The Labute approximate surface area is 194 Å². The highest BCUT2D eigenvalue weighted by Crippen LogP contribution is 2.68. The summed E-state index contributed by atoms with van der Waals surface area (Å²) in [4.78, 5) is 13.8. The van der Waals surface area contributed by atoms with Gasteiger partial charge in [0.1, 0.15) is 11.5 Å². The van der Waals surface area contributed by atoms with Crippen molar-refractivity contribution in [3.63, 3.8) is 0 Å². The van der Waals surface area contributed by atoms with E-state index in [1.54, 1.807) is 14.2 Å². The highest BCUT2D eigenvalue weighted by atomic mass is 16.5. The average Bonchev–Trinajstić information content (AvgIpc) is 3.15. The lowest BCUT2D eigenvalue weighted by molar-refractivity contribution is -0.114. The molecule has 5 rings (SSSR count). The number of fused-ring (bicyclic) bond motifs is 5. The summed E-state index contributed by atoms with van der Waals surface area (Å²) in [5, 5.41) is 0. The summed E-state index contributed by atoms with van der Waals surface area (Å²) in [6.07, 6.45) is 11.9. The van der Waals surface area contributed by atoms with Gasteiger partial charge in [0.2, 0.25) is 0 Å². The number of rotatable bonds is 4. The van der Waals surface area contributed by atoms with Crippen LogP contribution in [0, 0.1) is 46.3 Å². The minimum Gasteiger partial charge on any atom is -0.497 e. The first-order valence-electron chi connectivity index (χ1n) is 13.1. The number of benzene rings is 1. The van der Waals surface area contributed by atoms with Gasteiger partial charge in [0.05, 0.1) is 14.2 Å². The Morgan fingerprint density at radius 1 is 0.844 bits per heavy atom. The van der Waals surface area contributed by atoms with Gasteiger partial charge in [-0.25, -0.2) is 0 Å². The van der Waals surface area contributed by atoms with E-state index in [0.29, 0.717) is 28.6 Å². The standard InChI is InChI=1S/C29H42O3/c1-18-10-12-28(2)20(14-18)6-7-23-24-8-9-26(29(24,3)13-11-25(23)28)27(30)19-15-21(31-4)17-22(16-19)32-5/h15-18,20,23-26H,6-14H2,1-5H3. The first-order valence-corrected chi connectivity index (χ1v) is 13.1. The molecule has 3 heteroatoms. The van der Waals surface area contributed by atoms with Crippen molar-refractivity contribution in [2.75, 3.05) is 14.2 Å². The Morgan fingerprint density at radius 3 is 2.19 bits per heavy atom. The Kier molecular flexibility index (Phi) is 5.62. The van der Waals surface area contributed by atoms with Gasteiger partial charge >= 0.3 is 0 Å². The minimum atomic E-state index is 0.127. The van der Waals surface area contributed by atoms with Gasteiger partial charge in [-0.05, 0) is 104 Å². The van der Waals surface area contributed by atoms with E-state index in [0.717, 1.165) is 35.7 Å². The van der Waals surface area contributed by atoms with E-state index in [1.165, 1.54) is 51.4 Å². The second kappa shape index (κ2) is 8.06. The van der Waals surface area contributed by atoms with Crippen LogP contribution in [0.4, 0.5) is 0 Å². The van der Waals surface area contributed by atoms with Crippen LogP contribution in [0.25, 0.3) is 0 Å². The monoisotopic (exact) mass is 438 g/mol. The molecule has 0 N–H and O–H groups in total. The summed E-state index contributed by atoms with van der Waals surface area (Å²) in [5.74, 6) is 6.08. The molecule has 4 fully saturated rings. The smallest absolute Gasteiger partial charge is 0.166 e. The molecule has 32 heavy (non-hydrogen) atoms. The number of methoxy groups -OCH3 is 2. The van der Waals surface area contributed by atoms with Crippen LogP contribution in [-0.4, -0.2) is 20.0 Å². The number of hydrogen-bond donors (Lipinski definition) is 0. The molecule has 0 saturated heterocycles. The predicted molar refractivity (Wildman–Crippen MR) is 128 cm³/mol. The minimum absolute atomic E-state index is 0.127. The van der Waals surface area contributed by atoms with Gasteiger partial charge < -0.3 is 9.47 Å². The van der Waals surface area contributed by atoms with E-state index < -0.39 is 0 Å². The summed E-state index contributed by atoms with van der Waals surface area (Å²) in [6.45, 7) is 7.56. The van der Waals surface area contributed by atoms with E-state index in [2.05, 4.69) is 20.8 Å². The number of hydrogen-bond acceptors (Lipinski definition) is 3. The van der Waals surface area contributed by atoms with Crippen LogP contribution in [-0.2, 0) is 0 Å². The highest BCUT2D eigenvalue weighted by Gasteiger charge is 2.61. The first kappa shape index (κ1) is 22.3. The largest absolute Gasteiger partial charge is 0.497 e. The maximum absolute atomic E-state index is 13.8. The summed E-state index contributed by atoms with van der Waals surface area (Å²) in [5.41, 5.74) is 1.44. The topological polar surface area (TPSA) is 35.5 Å². The lowest BCUT2D eigenvalue weighted by Gasteiger charge is -2.61. The Bertz CT molecular complexity index is 855. The molecule has 1 aromatic rings. The van der Waals surface area contributed by atoms with Gasteiger partial charge in [-0.3, -0.25) is 4.79 Å². The molecule has 8 atom stereocenters. The molecule has 176 valence electrons. The number of carbonyl (C=O) groups excluding carboxylic acids is 1. The van der Waals surface area contributed by atoms with Crippen LogP contribution in [0.1, 0.15) is 88.9 Å². The van der Waals surface area contributed by atoms with E-state index >= 15 is 0 Å². The average molecular weight is 439 g/mol. The maximum Gasteiger partial charge on any atom is 0.166 e. The number of ether oxygens (including phenoxy) is 2. The molecule has 3 nitrogen and oxygen atoms in total. The van der Waals surface area contributed by atoms with E-state index in [-0.39, 0.29) is 11.3 Å². The first-order chi connectivity index (χ1) is 15.3. The molecule has 0 amide bonds. The Hall–Kier alpha value is -1.51. The molecule has 0 aliphatic heterocycles. The van der Waals surface area contributed by atoms with E-state index in [1.807, 2.05) is 18.2 Å². The SMILES string of the molecule is COc1cc(OC)cc(C(=O)C2CCC3C4CCC5CC(C)CCC5(C)C4CCC23C)c1. The fourth-order valence-corrected chi connectivity index (χ4v) is 9.05. The maximum atomic E-state index is 13.8. The molecule has 0 bridgehead atoms. The number of carbonyl (C=O) groups is 1. The Morgan fingerprint density at radius 2 is 1.50 bits per heavy atom. The van der Waals surface area contributed by atoms with E-state index in [9.17, 15) is 4.79 Å². The van der Waals surface area contributed by atoms with Crippen molar-refractivity contribution in [2.24, 2.45) is 46.3 Å². The normalized spacial score (nSPS) is 43.0. The molecule has 0 spiro atoms. The van der Waals surface area contributed by atoms with Gasteiger partial charge in [-0.1, -0.05) is 27.2 Å². The molecule has 0 aromatic heterocycles. The van der Waals surface area contributed by atoms with Crippen LogP contribution < -0.4 is 9.47 Å². The van der Waals surface area contributed by atoms with Crippen molar-refractivity contribution in [3.8, 4) is 11.5 Å². The van der Waals surface area contributed by atoms with Crippen molar-refractivity contribution in [2.45, 2.75) is 78.6 Å². The fourth-order valence-electron chi connectivity index (χ4n) is 9.05. The predicted octanol–water partition coefficient (Wildman–Crippen LogP) is 7.18. The van der Waals surface area contributed by atoms with Crippen molar-refractivity contribution >= 4 is 5.78 Å². The fraction of sp³-hybridized carbons (Fsp3) is 0.759. The van der Waals surface area contributed by atoms with Crippen LogP contribution in [0.15, 0.2) is 18.2 Å². The van der Waals surface area contributed by atoms with Crippen molar-refractivity contribution in [1.82, 2.24) is 0 Å². The molecule has 8 unspecified atom stereocenters. The number of ketones is 1. The molecule has 4 aliphatic carbocycles. The molecule has 0 heterocycles. The quantitative estimate of drug-likeness (QED) is 0.467. The van der Waals surface area contributed by atoms with Crippen molar-refractivity contribution in [1.29, 1.82) is 0 Å². The molecule has 4 aliphatic rings. The van der Waals surface area contributed by atoms with Gasteiger partial charge in [0.25, 0.3) is 0 Å². The van der Waals surface area contributed by atoms with Gasteiger partial charge in [0.15, 0.2) is 5.78 Å². The van der Waals surface area contributed by atoms with Crippen LogP contribution in [0.3, 0.4) is 0 Å². The molecule has 1 aromatic carbocycles. The van der Waals surface area contributed by atoms with Crippen molar-refractivity contribution < 1.29 is 14.3 Å². The second-order valence-electron chi connectivity index (χ2n) is 12.2. The lowest BCUT2D eigenvalue weighted by atomic mass is 9.44. The highest BCUT2D eigenvalue weighted by molar-refractivity contribution is 5.99. The van der Waals surface area contributed by atoms with Crippen LogP contribution in [0.5, 0.6) is 11.5 Å². The third-order valence-corrected chi connectivity index (χ3v) is 10.9. The van der Waals surface area contributed by atoms with Gasteiger partial charge in [0, 0.05) is 17.5 Å². The summed E-state index contributed by atoms with van der Waals surface area (Å²) in [6, 6.07) is 5.66. The Balaban J connectivity index is 1.40. The lowest BCUT2D eigenvalue weighted by Crippen LogP contribution is -2.53. The molecule has 0 radical (unpaired) electrons. The third-order valence-electron chi connectivity index (χ3n) is 10.9. The summed E-state index contributed by atoms with van der Waals surface area (Å²) >= 11 is 0. The third kappa shape index (κ3) is 3.32. The van der Waals surface area contributed by atoms with E-state index in [4.69, 9.17) is 9.47 Å². The van der Waals surface area contributed by atoms with Gasteiger partial charge in [-0.15, -0.1) is 0 Å². The zero-order chi connectivity index (χ0) is 22.7. The zero-order valence-electron chi connectivity index (χ0n) is 20.8.